The molecule has 0 bridgehead atoms. The molecule has 1 N–H and O–H groups in total. The summed E-state index contributed by atoms with van der Waals surface area (Å²) in [5.74, 6) is 0.986. The van der Waals surface area contributed by atoms with Gasteiger partial charge in [0.25, 0.3) is 5.91 Å². The number of rotatable bonds is 7. The maximum absolute atomic E-state index is 11.9. The van der Waals surface area contributed by atoms with Gasteiger partial charge in [-0.3, -0.25) is 4.79 Å². The Balaban J connectivity index is 1.88. The average Bonchev–Trinajstić information content (AvgIpc) is 2.97. The van der Waals surface area contributed by atoms with Gasteiger partial charge in [0.2, 0.25) is 0 Å². The van der Waals surface area contributed by atoms with Crippen LogP contribution in [0.2, 0.25) is 0 Å². The van der Waals surface area contributed by atoms with Crippen molar-refractivity contribution in [1.82, 2.24) is 5.32 Å². The number of nitrogens with one attached hydrogen (secondary N) is 1. The van der Waals surface area contributed by atoms with E-state index in [1.165, 1.54) is 0 Å². The second-order valence-electron chi connectivity index (χ2n) is 4.71. The van der Waals surface area contributed by atoms with E-state index in [1.807, 2.05) is 42.7 Å². The smallest absolute Gasteiger partial charge is 0.258 e. The van der Waals surface area contributed by atoms with E-state index in [4.69, 9.17) is 9.47 Å². The van der Waals surface area contributed by atoms with Crippen LogP contribution in [0.1, 0.15) is 17.4 Å². The Hall–Kier alpha value is -1.79. The van der Waals surface area contributed by atoms with Crippen molar-refractivity contribution >= 4 is 39.2 Å². The number of allylic oxidation sites excluding steroid dienone is 1. The van der Waals surface area contributed by atoms with Crippen LogP contribution in [-0.2, 0) is 11.3 Å². The average molecular weight is 396 g/mol. The van der Waals surface area contributed by atoms with Gasteiger partial charge in [-0.05, 0) is 46.6 Å². The van der Waals surface area contributed by atoms with E-state index in [-0.39, 0.29) is 12.5 Å². The van der Waals surface area contributed by atoms with Gasteiger partial charge in [0.05, 0.1) is 13.7 Å². The minimum Gasteiger partial charge on any atom is -0.493 e. The Morgan fingerprint density at radius 3 is 2.83 bits per heavy atom. The molecule has 0 aliphatic carbocycles. The largest absolute Gasteiger partial charge is 0.493 e. The number of carbonyl (C=O) groups excluding carboxylic acids is 1. The van der Waals surface area contributed by atoms with E-state index in [9.17, 15) is 4.79 Å². The zero-order valence-electron chi connectivity index (χ0n) is 13.0. The second kappa shape index (κ2) is 8.74. The van der Waals surface area contributed by atoms with Crippen molar-refractivity contribution in [2.24, 2.45) is 0 Å². The SMILES string of the molecule is C/C=C/c1ccc(OCC(=O)NCc2cc(Br)cs2)c(OC)c1. The summed E-state index contributed by atoms with van der Waals surface area (Å²) in [4.78, 5) is 13.0. The van der Waals surface area contributed by atoms with Crippen molar-refractivity contribution in [3.63, 3.8) is 0 Å². The molecule has 0 radical (unpaired) electrons. The second-order valence-corrected chi connectivity index (χ2v) is 6.62. The molecule has 0 spiro atoms. The van der Waals surface area contributed by atoms with Crippen LogP contribution < -0.4 is 14.8 Å². The zero-order chi connectivity index (χ0) is 16.7. The number of hydrogen-bond acceptors (Lipinski definition) is 4. The van der Waals surface area contributed by atoms with Gasteiger partial charge in [-0.25, -0.2) is 0 Å². The van der Waals surface area contributed by atoms with Gasteiger partial charge in [0.15, 0.2) is 18.1 Å². The molecule has 0 saturated heterocycles. The predicted molar refractivity (Wildman–Crippen MR) is 97.1 cm³/mol. The molecule has 2 aromatic rings. The van der Waals surface area contributed by atoms with Crippen molar-refractivity contribution in [3.8, 4) is 11.5 Å². The Labute approximate surface area is 148 Å². The van der Waals surface area contributed by atoms with Crippen LogP contribution in [0, 0.1) is 0 Å². The van der Waals surface area contributed by atoms with Crippen molar-refractivity contribution in [2.75, 3.05) is 13.7 Å². The topological polar surface area (TPSA) is 47.6 Å². The Bertz CT molecular complexity index is 697. The van der Waals surface area contributed by atoms with Crippen molar-refractivity contribution in [1.29, 1.82) is 0 Å². The van der Waals surface area contributed by atoms with Crippen LogP contribution in [0.25, 0.3) is 6.08 Å². The number of hydrogen-bond donors (Lipinski definition) is 1. The van der Waals surface area contributed by atoms with Gasteiger partial charge < -0.3 is 14.8 Å². The van der Waals surface area contributed by atoms with Gasteiger partial charge in [-0.1, -0.05) is 18.2 Å². The standard InChI is InChI=1S/C17H18BrNO3S/c1-3-4-12-5-6-15(16(7-12)21-2)22-10-17(20)19-9-14-8-13(18)11-23-14/h3-8,11H,9-10H2,1-2H3,(H,19,20)/b4-3+. The molecule has 2 rings (SSSR count). The molecule has 1 aromatic carbocycles. The summed E-state index contributed by atoms with van der Waals surface area (Å²) in [6.07, 6.45) is 3.92. The van der Waals surface area contributed by atoms with Crippen molar-refractivity contribution in [3.05, 3.63) is 50.6 Å². The third-order valence-electron chi connectivity index (χ3n) is 2.99. The molecule has 1 aromatic heterocycles. The van der Waals surface area contributed by atoms with Gasteiger partial charge in [0.1, 0.15) is 0 Å². The quantitative estimate of drug-likeness (QED) is 0.761. The van der Waals surface area contributed by atoms with E-state index >= 15 is 0 Å². The first-order valence-corrected chi connectivity index (χ1v) is 8.72. The number of carbonyl (C=O) groups is 1. The van der Waals surface area contributed by atoms with Gasteiger partial charge >= 0.3 is 0 Å². The highest BCUT2D eigenvalue weighted by Crippen LogP contribution is 2.28. The van der Waals surface area contributed by atoms with Gasteiger partial charge in [-0.15, -0.1) is 11.3 Å². The molecule has 6 heteroatoms. The number of benzene rings is 1. The summed E-state index contributed by atoms with van der Waals surface area (Å²) in [5, 5.41) is 4.81. The van der Waals surface area contributed by atoms with Crippen molar-refractivity contribution < 1.29 is 14.3 Å². The van der Waals surface area contributed by atoms with Crippen LogP contribution in [0.5, 0.6) is 11.5 Å². The minimum absolute atomic E-state index is 0.0497. The Morgan fingerprint density at radius 2 is 2.17 bits per heavy atom. The van der Waals surface area contributed by atoms with Gasteiger partial charge in [0, 0.05) is 14.7 Å². The highest BCUT2D eigenvalue weighted by atomic mass is 79.9. The molecule has 23 heavy (non-hydrogen) atoms. The van der Waals surface area contributed by atoms with E-state index in [1.54, 1.807) is 24.5 Å². The number of methoxy groups -OCH3 is 1. The highest BCUT2D eigenvalue weighted by molar-refractivity contribution is 9.10. The molecule has 1 amide bonds. The third-order valence-corrected chi connectivity index (χ3v) is 4.68. The zero-order valence-corrected chi connectivity index (χ0v) is 15.4. The lowest BCUT2D eigenvalue weighted by atomic mass is 10.2. The van der Waals surface area contributed by atoms with E-state index in [0.29, 0.717) is 18.0 Å². The molecular formula is C17H18BrNO3S. The fourth-order valence-electron chi connectivity index (χ4n) is 1.93. The fourth-order valence-corrected chi connectivity index (χ4v) is 3.32. The van der Waals surface area contributed by atoms with Crippen LogP contribution >= 0.6 is 27.3 Å². The maximum atomic E-state index is 11.9. The Morgan fingerprint density at radius 1 is 1.35 bits per heavy atom. The monoisotopic (exact) mass is 395 g/mol. The normalized spacial score (nSPS) is 10.7. The summed E-state index contributed by atoms with van der Waals surface area (Å²) in [7, 11) is 1.58. The lowest BCUT2D eigenvalue weighted by Crippen LogP contribution is -2.28. The molecule has 0 aliphatic rings. The lowest BCUT2D eigenvalue weighted by Gasteiger charge is -2.11. The van der Waals surface area contributed by atoms with E-state index < -0.39 is 0 Å². The van der Waals surface area contributed by atoms with Crippen LogP contribution in [0.3, 0.4) is 0 Å². The molecule has 0 fully saturated rings. The maximum Gasteiger partial charge on any atom is 0.258 e. The first kappa shape index (κ1) is 17.6. The van der Waals surface area contributed by atoms with Gasteiger partial charge in [-0.2, -0.15) is 0 Å². The third kappa shape index (κ3) is 5.41. The highest BCUT2D eigenvalue weighted by Gasteiger charge is 2.08. The first-order valence-electron chi connectivity index (χ1n) is 7.05. The minimum atomic E-state index is -0.172. The number of halogens is 1. The molecular weight excluding hydrogens is 378 g/mol. The molecule has 0 unspecified atom stereocenters. The van der Waals surface area contributed by atoms with E-state index in [0.717, 1.165) is 14.9 Å². The molecule has 122 valence electrons. The molecule has 0 aliphatic heterocycles. The van der Waals surface area contributed by atoms with E-state index in [2.05, 4.69) is 21.2 Å². The Kier molecular flexibility index (Phi) is 6.67. The van der Waals surface area contributed by atoms with Crippen LogP contribution in [-0.4, -0.2) is 19.6 Å². The summed E-state index contributed by atoms with van der Waals surface area (Å²) in [5.41, 5.74) is 1.02. The summed E-state index contributed by atoms with van der Waals surface area (Å²) in [6, 6.07) is 7.57. The first-order chi connectivity index (χ1) is 11.1. The van der Waals surface area contributed by atoms with Crippen LogP contribution in [0.4, 0.5) is 0 Å². The summed E-state index contributed by atoms with van der Waals surface area (Å²) >= 11 is 4.98. The summed E-state index contributed by atoms with van der Waals surface area (Å²) < 4.78 is 11.9. The molecule has 0 saturated carbocycles. The predicted octanol–water partition coefficient (Wildman–Crippen LogP) is 4.25. The summed E-state index contributed by atoms with van der Waals surface area (Å²) in [6.45, 7) is 2.40. The fraction of sp³-hybridized carbons (Fsp3) is 0.235. The number of thiophene rings is 1. The molecule has 1 heterocycles. The number of ether oxygens (including phenoxy) is 2. The molecule has 0 atom stereocenters. The number of amides is 1. The molecule has 4 nitrogen and oxygen atoms in total. The lowest BCUT2D eigenvalue weighted by molar-refractivity contribution is -0.123. The van der Waals surface area contributed by atoms with Crippen LogP contribution in [0.15, 0.2) is 40.2 Å². The van der Waals surface area contributed by atoms with Crippen molar-refractivity contribution in [2.45, 2.75) is 13.5 Å².